The van der Waals surface area contributed by atoms with E-state index >= 15 is 0 Å². The molecule has 3 rings (SSSR count). The van der Waals surface area contributed by atoms with Crippen LogP contribution in [0, 0.1) is 6.92 Å². The summed E-state index contributed by atoms with van der Waals surface area (Å²) >= 11 is 1.59. The second-order valence-electron chi connectivity index (χ2n) is 7.71. The van der Waals surface area contributed by atoms with Crippen LogP contribution < -0.4 is 15.4 Å². The zero-order valence-corrected chi connectivity index (χ0v) is 17.9. The Labute approximate surface area is 175 Å². The lowest BCUT2D eigenvalue weighted by molar-refractivity contribution is -0.136. The summed E-state index contributed by atoms with van der Waals surface area (Å²) in [6, 6.07) is 9.39. The lowest BCUT2D eigenvalue weighted by atomic mass is 9.84. The molecule has 1 aromatic carbocycles. The molecule has 1 unspecified atom stereocenters. The summed E-state index contributed by atoms with van der Waals surface area (Å²) in [6.45, 7) is 4.06. The third kappa shape index (κ3) is 4.79. The molecule has 0 bridgehead atoms. The van der Waals surface area contributed by atoms with Crippen LogP contribution in [0.5, 0.6) is 5.75 Å². The molecular weight excluding hydrogens is 388 g/mol. The monoisotopic (exact) mass is 416 g/mol. The van der Waals surface area contributed by atoms with E-state index in [1.165, 1.54) is 7.11 Å². The van der Waals surface area contributed by atoms with Crippen molar-refractivity contribution in [3.05, 3.63) is 45.6 Å². The highest BCUT2D eigenvalue weighted by Gasteiger charge is 2.38. The van der Waals surface area contributed by atoms with E-state index in [1.807, 2.05) is 25.1 Å². The molecule has 156 valence electrons. The van der Waals surface area contributed by atoms with E-state index in [0.717, 1.165) is 41.0 Å². The molecule has 2 aromatic rings. The van der Waals surface area contributed by atoms with Gasteiger partial charge in [-0.1, -0.05) is 18.9 Å². The number of benzene rings is 1. The topological polar surface area (TPSA) is 87.7 Å². The number of ether oxygens (including phenoxy) is 1. The van der Waals surface area contributed by atoms with Gasteiger partial charge >= 0.3 is 11.8 Å². The molecule has 1 aliphatic rings. The maximum Gasteiger partial charge on any atom is 0.313 e. The Hall–Kier alpha value is -2.38. The molecule has 7 heteroatoms. The standard InChI is InChI=1S/C22H28N2O4S/c1-14-6-7-17(28-3)16(12-14)24-21(27)20(26)23-13-22(10-4-5-11-22)19-9-8-18(29-19)15(2)25/h6-9,12,15,25H,4-5,10-11,13H2,1-3H3,(H,23,26)(H,24,27). The summed E-state index contributed by atoms with van der Waals surface area (Å²) in [4.78, 5) is 27.0. The molecule has 1 saturated carbocycles. The largest absolute Gasteiger partial charge is 0.495 e. The fourth-order valence-corrected chi connectivity index (χ4v) is 5.04. The van der Waals surface area contributed by atoms with Gasteiger partial charge in [0.25, 0.3) is 0 Å². The number of amides is 2. The highest BCUT2D eigenvalue weighted by atomic mass is 32.1. The third-order valence-electron chi connectivity index (χ3n) is 5.52. The van der Waals surface area contributed by atoms with Gasteiger partial charge in [-0.15, -0.1) is 11.3 Å². The van der Waals surface area contributed by atoms with Crippen LogP contribution in [0.1, 0.15) is 54.0 Å². The SMILES string of the molecule is COc1ccc(C)cc1NC(=O)C(=O)NCC1(c2ccc(C(C)O)s2)CCCC1. The first-order chi connectivity index (χ1) is 13.8. The van der Waals surface area contributed by atoms with E-state index in [9.17, 15) is 14.7 Å². The number of carbonyl (C=O) groups excluding carboxylic acids is 2. The summed E-state index contributed by atoms with van der Waals surface area (Å²) in [5.41, 5.74) is 1.26. The molecule has 0 radical (unpaired) electrons. The quantitative estimate of drug-likeness (QED) is 0.627. The van der Waals surface area contributed by atoms with Gasteiger partial charge in [-0.2, -0.15) is 0 Å². The number of anilines is 1. The average molecular weight is 417 g/mol. The van der Waals surface area contributed by atoms with Gasteiger partial charge < -0.3 is 20.5 Å². The van der Waals surface area contributed by atoms with Crippen molar-refractivity contribution in [1.82, 2.24) is 5.32 Å². The third-order valence-corrected chi connectivity index (χ3v) is 7.02. The Kier molecular flexibility index (Phi) is 6.59. The number of hydrogen-bond donors (Lipinski definition) is 3. The number of carbonyl (C=O) groups is 2. The van der Waals surface area contributed by atoms with Crippen molar-refractivity contribution in [2.75, 3.05) is 19.0 Å². The zero-order chi connectivity index (χ0) is 21.0. The first-order valence-corrected chi connectivity index (χ1v) is 10.7. The van der Waals surface area contributed by atoms with Gasteiger partial charge in [0.2, 0.25) is 0 Å². The number of aryl methyl sites for hydroxylation is 1. The molecule has 1 heterocycles. The number of methoxy groups -OCH3 is 1. The molecule has 6 nitrogen and oxygen atoms in total. The van der Waals surface area contributed by atoms with E-state index in [0.29, 0.717) is 18.0 Å². The maximum atomic E-state index is 12.5. The second-order valence-corrected chi connectivity index (χ2v) is 8.82. The van der Waals surface area contributed by atoms with Gasteiger partial charge in [0, 0.05) is 21.7 Å². The Morgan fingerprint density at radius 3 is 2.55 bits per heavy atom. The van der Waals surface area contributed by atoms with Crippen molar-refractivity contribution in [3.8, 4) is 5.75 Å². The van der Waals surface area contributed by atoms with Crippen LogP contribution in [0.25, 0.3) is 0 Å². The van der Waals surface area contributed by atoms with Crippen LogP contribution in [-0.4, -0.2) is 30.6 Å². The lowest BCUT2D eigenvalue weighted by Gasteiger charge is -2.28. The van der Waals surface area contributed by atoms with E-state index in [1.54, 1.807) is 30.4 Å². The normalized spacial score (nSPS) is 16.3. The molecule has 0 aliphatic heterocycles. The highest BCUT2D eigenvalue weighted by Crippen LogP contribution is 2.44. The zero-order valence-electron chi connectivity index (χ0n) is 17.1. The van der Waals surface area contributed by atoms with Crippen molar-refractivity contribution in [2.45, 2.75) is 51.0 Å². The maximum absolute atomic E-state index is 12.5. The predicted octanol–water partition coefficient (Wildman–Crippen LogP) is 3.69. The van der Waals surface area contributed by atoms with E-state index in [-0.39, 0.29) is 5.41 Å². The average Bonchev–Trinajstić information content (AvgIpc) is 3.36. The fraction of sp³-hybridized carbons (Fsp3) is 0.455. The van der Waals surface area contributed by atoms with Crippen LogP contribution >= 0.6 is 11.3 Å². The van der Waals surface area contributed by atoms with Gasteiger partial charge in [0.15, 0.2) is 0 Å². The fourth-order valence-electron chi connectivity index (χ4n) is 3.85. The summed E-state index contributed by atoms with van der Waals surface area (Å²) in [6.07, 6.45) is 3.59. The molecule has 3 N–H and O–H groups in total. The number of aliphatic hydroxyl groups is 1. The number of nitrogens with one attached hydrogen (secondary N) is 2. The van der Waals surface area contributed by atoms with Crippen molar-refractivity contribution in [3.63, 3.8) is 0 Å². The minimum atomic E-state index is -0.710. The van der Waals surface area contributed by atoms with E-state index in [2.05, 4.69) is 10.6 Å². The van der Waals surface area contributed by atoms with E-state index in [4.69, 9.17) is 4.74 Å². The number of rotatable bonds is 6. The van der Waals surface area contributed by atoms with Crippen LogP contribution in [0.3, 0.4) is 0 Å². The van der Waals surface area contributed by atoms with E-state index < -0.39 is 17.9 Å². The van der Waals surface area contributed by atoms with Gasteiger partial charge in [-0.3, -0.25) is 9.59 Å². The van der Waals surface area contributed by atoms with Gasteiger partial charge in [-0.05, 0) is 56.5 Å². The molecule has 29 heavy (non-hydrogen) atoms. The molecule has 1 atom stereocenters. The van der Waals surface area contributed by atoms with Crippen LogP contribution in [0.15, 0.2) is 30.3 Å². The summed E-state index contributed by atoms with van der Waals surface area (Å²) in [5.74, 6) is -0.863. The van der Waals surface area contributed by atoms with Crippen LogP contribution in [-0.2, 0) is 15.0 Å². The second kappa shape index (κ2) is 8.97. The number of thiophene rings is 1. The van der Waals surface area contributed by atoms with Crippen molar-refractivity contribution >= 4 is 28.8 Å². The predicted molar refractivity (Wildman–Crippen MR) is 114 cm³/mol. The summed E-state index contributed by atoms with van der Waals surface area (Å²) in [5, 5.41) is 15.3. The first-order valence-electron chi connectivity index (χ1n) is 9.87. The highest BCUT2D eigenvalue weighted by molar-refractivity contribution is 7.12. The molecule has 1 aliphatic carbocycles. The molecule has 0 saturated heterocycles. The van der Waals surface area contributed by atoms with Gasteiger partial charge in [0.1, 0.15) is 5.75 Å². The first kappa shape index (κ1) is 21.3. The van der Waals surface area contributed by atoms with Crippen molar-refractivity contribution in [2.24, 2.45) is 0 Å². The number of aliphatic hydroxyl groups excluding tert-OH is 1. The molecule has 1 fully saturated rings. The molecule has 0 spiro atoms. The van der Waals surface area contributed by atoms with Gasteiger partial charge in [0.05, 0.1) is 18.9 Å². The Balaban J connectivity index is 1.67. The minimum Gasteiger partial charge on any atom is -0.495 e. The minimum absolute atomic E-state index is 0.172. The Morgan fingerprint density at radius 1 is 1.21 bits per heavy atom. The molecular formula is C22H28N2O4S. The van der Waals surface area contributed by atoms with Crippen molar-refractivity contribution < 1.29 is 19.4 Å². The van der Waals surface area contributed by atoms with Crippen LogP contribution in [0.2, 0.25) is 0 Å². The Morgan fingerprint density at radius 2 is 1.93 bits per heavy atom. The van der Waals surface area contributed by atoms with Crippen molar-refractivity contribution in [1.29, 1.82) is 0 Å². The summed E-state index contributed by atoms with van der Waals surface area (Å²) in [7, 11) is 1.52. The smallest absolute Gasteiger partial charge is 0.313 e. The van der Waals surface area contributed by atoms with Gasteiger partial charge in [-0.25, -0.2) is 0 Å². The summed E-state index contributed by atoms with van der Waals surface area (Å²) < 4.78 is 5.25. The Bertz CT molecular complexity index is 885. The number of hydrogen-bond acceptors (Lipinski definition) is 5. The van der Waals surface area contributed by atoms with Crippen LogP contribution in [0.4, 0.5) is 5.69 Å². The molecule has 1 aromatic heterocycles. The molecule has 2 amide bonds. The lowest BCUT2D eigenvalue weighted by Crippen LogP contribution is -2.43.